The molecule has 0 saturated carbocycles. The third-order valence-corrected chi connectivity index (χ3v) is 6.26. The highest BCUT2D eigenvalue weighted by molar-refractivity contribution is 5.85. The van der Waals surface area contributed by atoms with Crippen LogP contribution in [0.25, 0.3) is 11.1 Å². The molecular weight excluding hydrogens is 402 g/mol. The van der Waals surface area contributed by atoms with E-state index >= 15 is 0 Å². The number of hydrogen-bond donors (Lipinski definition) is 1. The van der Waals surface area contributed by atoms with Crippen LogP contribution in [0.1, 0.15) is 17.5 Å². The summed E-state index contributed by atoms with van der Waals surface area (Å²) in [6.45, 7) is 0.853. The van der Waals surface area contributed by atoms with Crippen LogP contribution >= 0.6 is 0 Å². The number of nitrogens with zero attached hydrogens (tertiary/aromatic N) is 2. The van der Waals surface area contributed by atoms with E-state index in [1.165, 1.54) is 0 Å². The number of likely N-dealkylation sites (tertiary alicyclic amines) is 1. The number of hydrogen-bond acceptors (Lipinski definition) is 4. The average molecular weight is 430 g/mol. The van der Waals surface area contributed by atoms with Crippen molar-refractivity contribution in [2.75, 3.05) is 20.2 Å². The number of ether oxygens (including phenoxy) is 1. The van der Waals surface area contributed by atoms with Crippen molar-refractivity contribution in [2.24, 2.45) is 11.1 Å². The van der Waals surface area contributed by atoms with Crippen LogP contribution < -0.4 is 10.5 Å². The Morgan fingerprint density at radius 1 is 1.09 bits per heavy atom. The maximum atomic E-state index is 13.0. The Morgan fingerprint density at radius 2 is 1.88 bits per heavy atom. The average Bonchev–Trinajstić information content (AvgIpc) is 3.26. The molecule has 0 radical (unpaired) electrons. The number of rotatable bonds is 7. The van der Waals surface area contributed by atoms with Gasteiger partial charge in [0.2, 0.25) is 11.8 Å². The Balaban J connectivity index is 1.52. The summed E-state index contributed by atoms with van der Waals surface area (Å²) in [5.41, 5.74) is 9.10. The van der Waals surface area contributed by atoms with Crippen LogP contribution in [0, 0.1) is 5.41 Å². The van der Waals surface area contributed by atoms with Crippen LogP contribution in [0.3, 0.4) is 0 Å². The second kappa shape index (κ2) is 9.22. The number of benzene rings is 2. The third-order valence-electron chi connectivity index (χ3n) is 6.26. The molecule has 1 aliphatic rings. The van der Waals surface area contributed by atoms with Gasteiger partial charge >= 0.3 is 0 Å². The Hall–Kier alpha value is -3.67. The number of nitrogens with two attached hydrogens (primary N) is 1. The molecule has 2 N–H and O–H groups in total. The largest absolute Gasteiger partial charge is 0.497 e. The van der Waals surface area contributed by atoms with Gasteiger partial charge in [0.05, 0.1) is 18.9 Å². The first-order valence-electron chi connectivity index (χ1n) is 10.7. The lowest BCUT2D eigenvalue weighted by molar-refractivity contribution is -0.131. The van der Waals surface area contributed by atoms with Gasteiger partial charge in [-0.1, -0.05) is 42.5 Å². The van der Waals surface area contributed by atoms with E-state index in [0.29, 0.717) is 25.9 Å². The SMILES string of the molecule is COc1ccc(CC(=O)N2CC[C@](Cc3ccccc3-c3cccnc3)(C(N)=O)C2)cc1. The smallest absolute Gasteiger partial charge is 0.227 e. The molecule has 6 nitrogen and oxygen atoms in total. The molecule has 0 unspecified atom stereocenters. The second-order valence-corrected chi connectivity index (χ2v) is 8.31. The molecule has 0 aliphatic carbocycles. The number of carbonyl (C=O) groups excluding carboxylic acids is 2. The molecule has 1 aliphatic heterocycles. The van der Waals surface area contributed by atoms with E-state index in [2.05, 4.69) is 4.98 Å². The molecule has 1 aromatic heterocycles. The standard InChI is InChI=1S/C26H27N3O3/c1-32-22-10-8-19(9-11-22)15-24(30)29-14-12-26(18-29,25(27)31)16-20-5-2-3-7-23(20)21-6-4-13-28-17-21/h2-11,13,17H,12,14-16,18H2,1H3,(H2,27,31)/t26-/m1/s1. The Kier molecular flexibility index (Phi) is 6.21. The molecule has 164 valence electrons. The Morgan fingerprint density at radius 3 is 2.56 bits per heavy atom. The first-order valence-corrected chi connectivity index (χ1v) is 10.7. The van der Waals surface area contributed by atoms with E-state index in [-0.39, 0.29) is 18.2 Å². The molecule has 2 amide bonds. The van der Waals surface area contributed by atoms with Crippen LogP contribution in [0.15, 0.2) is 73.1 Å². The number of pyridine rings is 1. The highest BCUT2D eigenvalue weighted by atomic mass is 16.5. The summed E-state index contributed by atoms with van der Waals surface area (Å²) in [4.78, 5) is 31.6. The maximum absolute atomic E-state index is 13.0. The van der Waals surface area contributed by atoms with Gasteiger partial charge in [-0.15, -0.1) is 0 Å². The highest BCUT2D eigenvalue weighted by Crippen LogP contribution is 2.37. The van der Waals surface area contributed by atoms with Crippen molar-refractivity contribution >= 4 is 11.8 Å². The molecule has 32 heavy (non-hydrogen) atoms. The van der Waals surface area contributed by atoms with E-state index in [1.54, 1.807) is 18.2 Å². The summed E-state index contributed by atoms with van der Waals surface area (Å²) >= 11 is 0. The monoisotopic (exact) mass is 429 g/mol. The first kappa shape index (κ1) is 21.6. The lowest BCUT2D eigenvalue weighted by Crippen LogP contribution is -2.42. The zero-order chi connectivity index (χ0) is 22.6. The molecule has 3 aromatic rings. The van der Waals surface area contributed by atoms with Gasteiger partial charge in [-0.2, -0.15) is 0 Å². The summed E-state index contributed by atoms with van der Waals surface area (Å²) in [6, 6.07) is 19.3. The Bertz CT molecular complexity index is 1100. The number of carbonyl (C=O) groups is 2. The predicted octanol–water partition coefficient (Wildman–Crippen LogP) is 3.25. The van der Waals surface area contributed by atoms with Gasteiger partial charge < -0.3 is 15.4 Å². The minimum atomic E-state index is -0.784. The number of amides is 2. The van der Waals surface area contributed by atoms with Crippen molar-refractivity contribution in [3.05, 3.63) is 84.2 Å². The summed E-state index contributed by atoms with van der Waals surface area (Å²) < 4.78 is 5.18. The van der Waals surface area contributed by atoms with Crippen LogP contribution in [0.2, 0.25) is 0 Å². The van der Waals surface area contributed by atoms with Gasteiger partial charge in [0.1, 0.15) is 5.75 Å². The lowest BCUT2D eigenvalue weighted by Gasteiger charge is -2.27. The highest BCUT2D eigenvalue weighted by Gasteiger charge is 2.45. The third kappa shape index (κ3) is 4.49. The molecule has 2 heterocycles. The summed E-state index contributed by atoms with van der Waals surface area (Å²) in [5, 5.41) is 0. The second-order valence-electron chi connectivity index (χ2n) is 8.31. The molecule has 2 aromatic carbocycles. The van der Waals surface area contributed by atoms with Crippen molar-refractivity contribution in [2.45, 2.75) is 19.3 Å². The minimum Gasteiger partial charge on any atom is -0.497 e. The quantitative estimate of drug-likeness (QED) is 0.625. The van der Waals surface area contributed by atoms with E-state index in [0.717, 1.165) is 28.0 Å². The first-order chi connectivity index (χ1) is 15.5. The van der Waals surface area contributed by atoms with Crippen molar-refractivity contribution < 1.29 is 14.3 Å². The van der Waals surface area contributed by atoms with Crippen molar-refractivity contribution in [1.82, 2.24) is 9.88 Å². The lowest BCUT2D eigenvalue weighted by atomic mass is 9.78. The molecule has 1 atom stereocenters. The molecule has 0 bridgehead atoms. The fourth-order valence-corrected chi connectivity index (χ4v) is 4.39. The van der Waals surface area contributed by atoms with Gasteiger partial charge in [0.15, 0.2) is 0 Å². The van der Waals surface area contributed by atoms with Crippen LogP contribution in [0.5, 0.6) is 5.75 Å². The predicted molar refractivity (Wildman–Crippen MR) is 123 cm³/mol. The molecule has 1 fully saturated rings. The molecule has 6 heteroatoms. The fourth-order valence-electron chi connectivity index (χ4n) is 4.39. The fraction of sp³-hybridized carbons (Fsp3) is 0.269. The van der Waals surface area contributed by atoms with Gasteiger partial charge in [-0.3, -0.25) is 14.6 Å². The normalized spacial score (nSPS) is 17.8. The maximum Gasteiger partial charge on any atom is 0.227 e. The van der Waals surface area contributed by atoms with E-state index in [4.69, 9.17) is 10.5 Å². The van der Waals surface area contributed by atoms with Gasteiger partial charge in [-0.05, 0) is 47.7 Å². The minimum absolute atomic E-state index is 0.00108. The summed E-state index contributed by atoms with van der Waals surface area (Å²) in [6.07, 6.45) is 4.87. The van der Waals surface area contributed by atoms with E-state index < -0.39 is 5.41 Å². The van der Waals surface area contributed by atoms with Crippen molar-refractivity contribution in [1.29, 1.82) is 0 Å². The summed E-state index contributed by atoms with van der Waals surface area (Å²) in [5.74, 6) is 0.388. The number of primary amides is 1. The topological polar surface area (TPSA) is 85.5 Å². The van der Waals surface area contributed by atoms with Gasteiger partial charge in [0, 0.05) is 31.0 Å². The van der Waals surface area contributed by atoms with Crippen LogP contribution in [-0.4, -0.2) is 41.9 Å². The zero-order valence-corrected chi connectivity index (χ0v) is 18.2. The molecule has 1 saturated heterocycles. The molecule has 0 spiro atoms. The summed E-state index contributed by atoms with van der Waals surface area (Å²) in [7, 11) is 1.61. The zero-order valence-electron chi connectivity index (χ0n) is 18.2. The van der Waals surface area contributed by atoms with Crippen LogP contribution in [0.4, 0.5) is 0 Å². The van der Waals surface area contributed by atoms with Crippen LogP contribution in [-0.2, 0) is 22.4 Å². The molecular formula is C26H27N3O3. The van der Waals surface area contributed by atoms with Crippen molar-refractivity contribution in [3.8, 4) is 16.9 Å². The number of methoxy groups -OCH3 is 1. The van der Waals surface area contributed by atoms with E-state index in [1.807, 2.05) is 66.9 Å². The Labute approximate surface area is 188 Å². The van der Waals surface area contributed by atoms with Gasteiger partial charge in [0.25, 0.3) is 0 Å². The van der Waals surface area contributed by atoms with Crippen molar-refractivity contribution in [3.63, 3.8) is 0 Å². The van der Waals surface area contributed by atoms with E-state index in [9.17, 15) is 9.59 Å². The van der Waals surface area contributed by atoms with Gasteiger partial charge in [-0.25, -0.2) is 0 Å². The molecule has 4 rings (SSSR count). The number of aromatic nitrogens is 1.